The average molecular weight is 462 g/mol. The lowest BCUT2D eigenvalue weighted by atomic mass is 9.91. The first-order valence-electron chi connectivity index (χ1n) is 9.96. The Hall–Kier alpha value is -2.78. The highest BCUT2D eigenvalue weighted by Crippen LogP contribution is 2.45. The molecule has 1 amide bonds. The van der Waals surface area contributed by atoms with Crippen LogP contribution in [0.5, 0.6) is 0 Å². The molecule has 3 nitrogen and oxygen atoms in total. The minimum atomic E-state index is -5.09. The van der Waals surface area contributed by atoms with Gasteiger partial charge in [-0.2, -0.15) is 26.3 Å². The normalized spacial score (nSPS) is 14.3. The zero-order chi connectivity index (χ0) is 23.8. The van der Waals surface area contributed by atoms with Gasteiger partial charge in [0.15, 0.2) is 0 Å². The molecule has 32 heavy (non-hydrogen) atoms. The van der Waals surface area contributed by atoms with Gasteiger partial charge in [0.25, 0.3) is 0 Å². The highest BCUT2D eigenvalue weighted by molar-refractivity contribution is 5.96. The zero-order valence-corrected chi connectivity index (χ0v) is 17.4. The van der Waals surface area contributed by atoms with E-state index in [2.05, 4.69) is 0 Å². The molecule has 0 unspecified atom stereocenters. The van der Waals surface area contributed by atoms with Gasteiger partial charge in [-0.05, 0) is 61.7 Å². The van der Waals surface area contributed by atoms with Gasteiger partial charge in [-0.25, -0.2) is 4.39 Å². The maximum Gasteiger partial charge on any atom is 0.416 e. The first-order chi connectivity index (χ1) is 14.8. The number of amides is 1. The molecule has 10 heteroatoms. The summed E-state index contributed by atoms with van der Waals surface area (Å²) >= 11 is 0. The lowest BCUT2D eigenvalue weighted by molar-refractivity contribution is -0.143. The number of hydrogen-bond donors (Lipinski definition) is 0. The molecule has 0 N–H and O–H groups in total. The third-order valence-electron chi connectivity index (χ3n) is 5.53. The highest BCUT2D eigenvalue weighted by atomic mass is 19.4. The number of hydrogen-bond acceptors (Lipinski definition) is 2. The summed E-state index contributed by atoms with van der Waals surface area (Å²) in [6.45, 7) is 3.42. The molecule has 0 aliphatic carbocycles. The van der Waals surface area contributed by atoms with Gasteiger partial charge in [-0.3, -0.25) is 4.79 Å². The van der Waals surface area contributed by atoms with Crippen LogP contribution < -0.4 is 9.80 Å². The van der Waals surface area contributed by atoms with Gasteiger partial charge in [0.05, 0.1) is 17.5 Å². The first-order valence-corrected chi connectivity index (χ1v) is 9.96. The lowest BCUT2D eigenvalue weighted by Gasteiger charge is -2.38. The van der Waals surface area contributed by atoms with E-state index in [9.17, 15) is 35.5 Å². The van der Waals surface area contributed by atoms with Crippen LogP contribution >= 0.6 is 0 Å². The predicted molar refractivity (Wildman–Crippen MR) is 106 cm³/mol. The minimum absolute atomic E-state index is 0.0878. The first kappa shape index (κ1) is 23.9. The van der Waals surface area contributed by atoms with E-state index in [0.717, 1.165) is 19.1 Å². The van der Waals surface area contributed by atoms with E-state index in [1.54, 1.807) is 6.92 Å². The van der Waals surface area contributed by atoms with Crippen LogP contribution in [0.2, 0.25) is 0 Å². The number of carbonyl (C=O) groups is 1. The predicted octanol–water partition coefficient (Wildman–Crippen LogP) is 5.98. The standard InChI is InChI=1S/C22H21F7N2O/c1-3-31(15-7-5-14(23)6-8-15)19(32)11-16-18(22(27,28)29)12-17(21(24,25)26)13(2)20(16)30-9-4-10-30/h5-8,12H,3-4,9-11H2,1-2H3. The quantitative estimate of drug-likeness (QED) is 0.511. The Bertz CT molecular complexity index is 993. The van der Waals surface area contributed by atoms with E-state index in [0.29, 0.717) is 19.5 Å². The van der Waals surface area contributed by atoms with Crippen molar-refractivity contribution < 1.29 is 35.5 Å². The fraction of sp³-hybridized carbons (Fsp3) is 0.409. The lowest BCUT2D eigenvalue weighted by Crippen LogP contribution is -2.40. The van der Waals surface area contributed by atoms with Gasteiger partial charge in [-0.15, -0.1) is 0 Å². The fourth-order valence-corrected chi connectivity index (χ4v) is 3.89. The number of benzene rings is 2. The van der Waals surface area contributed by atoms with E-state index >= 15 is 0 Å². The summed E-state index contributed by atoms with van der Waals surface area (Å²) in [5.74, 6) is -1.28. The molecule has 1 aliphatic rings. The van der Waals surface area contributed by atoms with Crippen LogP contribution in [0.15, 0.2) is 30.3 Å². The summed E-state index contributed by atoms with van der Waals surface area (Å²) < 4.78 is 95.4. The van der Waals surface area contributed by atoms with Gasteiger partial charge in [0.1, 0.15) is 5.82 Å². The number of anilines is 2. The molecule has 1 fully saturated rings. The van der Waals surface area contributed by atoms with E-state index in [4.69, 9.17) is 0 Å². The third kappa shape index (κ3) is 4.68. The number of halogens is 7. The van der Waals surface area contributed by atoms with Gasteiger partial charge in [-0.1, -0.05) is 0 Å². The number of carbonyl (C=O) groups excluding carboxylic acids is 1. The van der Waals surface area contributed by atoms with Crippen molar-refractivity contribution >= 4 is 17.3 Å². The molecule has 0 saturated carbocycles. The molecule has 0 bridgehead atoms. The minimum Gasteiger partial charge on any atom is -0.371 e. The second-order valence-electron chi connectivity index (χ2n) is 7.55. The molecule has 1 aliphatic heterocycles. The fourth-order valence-electron chi connectivity index (χ4n) is 3.89. The van der Waals surface area contributed by atoms with Crippen molar-refractivity contribution in [3.05, 3.63) is 58.4 Å². The van der Waals surface area contributed by atoms with Crippen LogP contribution in [0.3, 0.4) is 0 Å². The molecular weight excluding hydrogens is 441 g/mol. The van der Waals surface area contributed by atoms with Crippen LogP contribution in [0, 0.1) is 12.7 Å². The van der Waals surface area contributed by atoms with Crippen molar-refractivity contribution in [2.75, 3.05) is 29.4 Å². The van der Waals surface area contributed by atoms with Crippen molar-refractivity contribution in [2.24, 2.45) is 0 Å². The number of rotatable bonds is 5. The second-order valence-corrected chi connectivity index (χ2v) is 7.55. The van der Waals surface area contributed by atoms with Crippen LogP contribution in [0.4, 0.5) is 42.1 Å². The Morgan fingerprint density at radius 1 is 1.00 bits per heavy atom. The Kier molecular flexibility index (Phi) is 6.44. The largest absolute Gasteiger partial charge is 0.416 e. The van der Waals surface area contributed by atoms with Crippen LogP contribution in [0.25, 0.3) is 0 Å². The topological polar surface area (TPSA) is 23.6 Å². The zero-order valence-electron chi connectivity index (χ0n) is 17.4. The summed E-state index contributed by atoms with van der Waals surface area (Å²) in [5, 5.41) is 0. The number of nitrogens with zero attached hydrogens (tertiary/aromatic N) is 2. The number of likely N-dealkylation sites (N-methyl/N-ethyl adjacent to an activating group) is 1. The van der Waals surface area contributed by atoms with Gasteiger partial charge in [0, 0.05) is 31.0 Å². The molecular formula is C22H21F7N2O. The Balaban J connectivity index is 2.14. The molecule has 174 valence electrons. The molecule has 0 spiro atoms. The van der Waals surface area contributed by atoms with Crippen LogP contribution in [-0.4, -0.2) is 25.5 Å². The average Bonchev–Trinajstić information content (AvgIpc) is 2.63. The molecule has 2 aromatic carbocycles. The summed E-state index contributed by atoms with van der Waals surface area (Å²) in [4.78, 5) is 15.6. The summed E-state index contributed by atoms with van der Waals surface area (Å²) in [5.41, 5.74) is -3.57. The van der Waals surface area contributed by atoms with Crippen molar-refractivity contribution in [3.8, 4) is 0 Å². The highest BCUT2D eigenvalue weighted by Gasteiger charge is 2.43. The van der Waals surface area contributed by atoms with Gasteiger partial charge < -0.3 is 9.80 Å². The summed E-state index contributed by atoms with van der Waals surface area (Å²) in [6.07, 6.45) is -10.2. The van der Waals surface area contributed by atoms with Crippen LogP contribution in [0.1, 0.15) is 35.6 Å². The van der Waals surface area contributed by atoms with Crippen molar-refractivity contribution in [1.29, 1.82) is 0 Å². The monoisotopic (exact) mass is 462 g/mol. The van der Waals surface area contributed by atoms with E-state index < -0.39 is 47.2 Å². The Morgan fingerprint density at radius 2 is 1.56 bits per heavy atom. The molecule has 3 rings (SSSR count). The van der Waals surface area contributed by atoms with E-state index in [1.807, 2.05) is 0 Å². The second kappa shape index (κ2) is 8.63. The Morgan fingerprint density at radius 3 is 2.00 bits per heavy atom. The van der Waals surface area contributed by atoms with Crippen molar-refractivity contribution in [1.82, 2.24) is 0 Å². The maximum atomic E-state index is 13.9. The Labute approximate surface area is 180 Å². The van der Waals surface area contributed by atoms with Gasteiger partial charge >= 0.3 is 12.4 Å². The third-order valence-corrected chi connectivity index (χ3v) is 5.53. The van der Waals surface area contributed by atoms with Crippen molar-refractivity contribution in [3.63, 3.8) is 0 Å². The molecule has 0 radical (unpaired) electrons. The van der Waals surface area contributed by atoms with Gasteiger partial charge in [0.2, 0.25) is 5.91 Å². The van der Waals surface area contributed by atoms with E-state index in [1.165, 1.54) is 21.9 Å². The molecule has 1 heterocycles. The number of alkyl halides is 6. The molecule has 1 saturated heterocycles. The maximum absolute atomic E-state index is 13.9. The molecule has 2 aromatic rings. The van der Waals surface area contributed by atoms with Crippen LogP contribution in [-0.2, 0) is 23.6 Å². The summed E-state index contributed by atoms with van der Waals surface area (Å²) in [7, 11) is 0. The smallest absolute Gasteiger partial charge is 0.371 e. The molecule has 0 aromatic heterocycles. The molecule has 0 atom stereocenters. The van der Waals surface area contributed by atoms with E-state index in [-0.39, 0.29) is 29.5 Å². The summed E-state index contributed by atoms with van der Waals surface area (Å²) in [6, 6.07) is 4.95. The SMILES string of the molecule is CCN(C(=O)Cc1c(C(F)(F)F)cc(C(F)(F)F)c(C)c1N1CCC1)c1ccc(F)cc1. The van der Waals surface area contributed by atoms with Crippen molar-refractivity contribution in [2.45, 2.75) is 39.0 Å².